The number of anilines is 3. The normalized spacial score (nSPS) is 14.2. The Morgan fingerprint density at radius 3 is 2.80 bits per heavy atom. The van der Waals surface area contributed by atoms with Gasteiger partial charge in [0.05, 0.1) is 0 Å². The Balaban J connectivity index is 1.87. The minimum absolute atomic E-state index is 0.505. The van der Waals surface area contributed by atoms with Crippen LogP contribution in [0.25, 0.3) is 0 Å². The highest BCUT2D eigenvalue weighted by atomic mass is 15.1. The van der Waals surface area contributed by atoms with E-state index < -0.39 is 0 Å². The van der Waals surface area contributed by atoms with E-state index in [1.807, 2.05) is 6.07 Å². The minimum atomic E-state index is 0.505. The maximum Gasteiger partial charge on any atom is 0.136 e. The van der Waals surface area contributed by atoms with E-state index in [1.165, 1.54) is 18.4 Å². The number of rotatable bonds is 5. The van der Waals surface area contributed by atoms with Crippen LogP contribution < -0.4 is 11.1 Å². The summed E-state index contributed by atoms with van der Waals surface area (Å²) in [5, 5.41) is 3.39. The van der Waals surface area contributed by atoms with Crippen molar-refractivity contribution < 1.29 is 0 Å². The third-order valence-electron chi connectivity index (χ3n) is 3.51. The molecular weight excluding hydrogens is 248 g/mol. The average Bonchev–Trinajstić information content (AvgIpc) is 3.25. The average molecular weight is 268 g/mol. The summed E-state index contributed by atoms with van der Waals surface area (Å²) in [6.45, 7) is 2.19. The van der Waals surface area contributed by atoms with Gasteiger partial charge in [-0.25, -0.2) is 9.97 Å². The molecule has 1 heterocycles. The molecule has 0 aliphatic heterocycles. The highest BCUT2D eigenvalue weighted by molar-refractivity contribution is 5.62. The fourth-order valence-corrected chi connectivity index (χ4v) is 2.34. The summed E-state index contributed by atoms with van der Waals surface area (Å²) in [6.07, 6.45) is 4.53. The van der Waals surface area contributed by atoms with E-state index >= 15 is 0 Å². The lowest BCUT2D eigenvalue weighted by Gasteiger charge is -2.12. The molecule has 0 spiro atoms. The maximum absolute atomic E-state index is 5.88. The molecule has 1 aliphatic carbocycles. The summed E-state index contributed by atoms with van der Waals surface area (Å²) in [7, 11) is 0. The molecule has 4 heteroatoms. The Hall–Kier alpha value is -2.10. The van der Waals surface area contributed by atoms with E-state index in [-0.39, 0.29) is 0 Å². The molecule has 20 heavy (non-hydrogen) atoms. The van der Waals surface area contributed by atoms with Gasteiger partial charge in [0.2, 0.25) is 0 Å². The Bertz CT molecular complexity index is 605. The molecule has 1 aromatic heterocycles. The number of nitrogens with one attached hydrogen (secondary N) is 1. The number of aryl methyl sites for hydroxylation is 1. The lowest BCUT2D eigenvalue weighted by Crippen LogP contribution is -2.04. The Labute approximate surface area is 119 Å². The highest BCUT2D eigenvalue weighted by Gasteiger charge is 2.27. The smallest absolute Gasteiger partial charge is 0.136 e. The molecule has 0 saturated heterocycles. The van der Waals surface area contributed by atoms with Gasteiger partial charge in [-0.2, -0.15) is 0 Å². The fourth-order valence-electron chi connectivity index (χ4n) is 2.34. The Kier molecular flexibility index (Phi) is 3.54. The summed E-state index contributed by atoms with van der Waals surface area (Å²) < 4.78 is 0. The predicted octanol–water partition coefficient (Wildman–Crippen LogP) is 3.63. The van der Waals surface area contributed by atoms with Crippen LogP contribution in [0.5, 0.6) is 0 Å². The van der Waals surface area contributed by atoms with Crippen LogP contribution in [-0.4, -0.2) is 9.97 Å². The first-order valence-corrected chi connectivity index (χ1v) is 7.25. The standard InChI is InChI=1S/C16H20N4/c1-2-5-11-6-3-4-7-13(11)18-15-10-14(17)19-16(20-15)12-8-9-12/h3-4,6-7,10,12H,2,5,8-9H2,1H3,(H3,17,18,19,20). The summed E-state index contributed by atoms with van der Waals surface area (Å²) in [4.78, 5) is 8.91. The van der Waals surface area contributed by atoms with E-state index in [9.17, 15) is 0 Å². The number of hydrogen-bond acceptors (Lipinski definition) is 4. The number of nitrogens with two attached hydrogens (primary N) is 1. The van der Waals surface area contributed by atoms with Crippen LogP contribution in [0.3, 0.4) is 0 Å². The number of benzene rings is 1. The first-order valence-electron chi connectivity index (χ1n) is 7.25. The summed E-state index contributed by atoms with van der Waals surface area (Å²) in [5.41, 5.74) is 8.30. The van der Waals surface area contributed by atoms with Crippen molar-refractivity contribution in [3.63, 3.8) is 0 Å². The second-order valence-corrected chi connectivity index (χ2v) is 5.34. The van der Waals surface area contributed by atoms with Gasteiger partial charge < -0.3 is 11.1 Å². The summed E-state index contributed by atoms with van der Waals surface area (Å²) in [5.74, 6) is 2.71. The van der Waals surface area contributed by atoms with Crippen molar-refractivity contribution in [1.29, 1.82) is 0 Å². The van der Waals surface area contributed by atoms with Crippen molar-refractivity contribution in [2.45, 2.75) is 38.5 Å². The lowest BCUT2D eigenvalue weighted by atomic mass is 10.1. The molecule has 0 unspecified atom stereocenters. The first kappa shape index (κ1) is 12.9. The van der Waals surface area contributed by atoms with Crippen molar-refractivity contribution >= 4 is 17.3 Å². The number of para-hydroxylation sites is 1. The zero-order chi connectivity index (χ0) is 13.9. The molecule has 1 aliphatic rings. The van der Waals surface area contributed by atoms with Gasteiger partial charge >= 0.3 is 0 Å². The molecule has 1 fully saturated rings. The zero-order valence-corrected chi connectivity index (χ0v) is 11.8. The predicted molar refractivity (Wildman–Crippen MR) is 82.1 cm³/mol. The molecule has 0 amide bonds. The molecule has 4 nitrogen and oxygen atoms in total. The molecule has 0 radical (unpaired) electrons. The summed E-state index contributed by atoms with van der Waals surface area (Å²) >= 11 is 0. The number of nitrogen functional groups attached to an aromatic ring is 1. The second-order valence-electron chi connectivity index (χ2n) is 5.34. The van der Waals surface area contributed by atoms with Crippen LogP contribution in [0.4, 0.5) is 17.3 Å². The number of aromatic nitrogens is 2. The quantitative estimate of drug-likeness (QED) is 0.869. The van der Waals surface area contributed by atoms with Gasteiger partial charge in [0.1, 0.15) is 17.5 Å². The molecule has 1 aromatic carbocycles. The van der Waals surface area contributed by atoms with Gasteiger partial charge in [-0.05, 0) is 30.9 Å². The van der Waals surface area contributed by atoms with Gasteiger partial charge in [0, 0.05) is 17.7 Å². The third-order valence-corrected chi connectivity index (χ3v) is 3.51. The topological polar surface area (TPSA) is 63.8 Å². The fraction of sp³-hybridized carbons (Fsp3) is 0.375. The number of nitrogens with zero attached hydrogens (tertiary/aromatic N) is 2. The van der Waals surface area contributed by atoms with Crippen molar-refractivity contribution in [2.75, 3.05) is 11.1 Å². The van der Waals surface area contributed by atoms with Crippen LogP contribution >= 0.6 is 0 Å². The van der Waals surface area contributed by atoms with E-state index in [2.05, 4.69) is 40.4 Å². The maximum atomic E-state index is 5.88. The van der Waals surface area contributed by atoms with Crippen LogP contribution in [0, 0.1) is 0 Å². The summed E-state index contributed by atoms with van der Waals surface area (Å²) in [6, 6.07) is 10.1. The van der Waals surface area contributed by atoms with Crippen molar-refractivity contribution in [2.24, 2.45) is 0 Å². The molecule has 3 N–H and O–H groups in total. The van der Waals surface area contributed by atoms with E-state index in [4.69, 9.17) is 5.73 Å². The monoisotopic (exact) mass is 268 g/mol. The van der Waals surface area contributed by atoms with Crippen LogP contribution in [0.2, 0.25) is 0 Å². The van der Waals surface area contributed by atoms with Crippen LogP contribution in [0.1, 0.15) is 43.5 Å². The first-order chi connectivity index (χ1) is 9.76. The highest BCUT2D eigenvalue weighted by Crippen LogP contribution is 2.38. The van der Waals surface area contributed by atoms with E-state index in [0.29, 0.717) is 11.7 Å². The van der Waals surface area contributed by atoms with Crippen LogP contribution in [-0.2, 0) is 6.42 Å². The molecule has 104 valence electrons. The molecular formula is C16H20N4. The zero-order valence-electron chi connectivity index (χ0n) is 11.8. The second kappa shape index (κ2) is 5.49. The minimum Gasteiger partial charge on any atom is -0.384 e. The number of hydrogen-bond donors (Lipinski definition) is 2. The molecule has 2 aromatic rings. The van der Waals surface area contributed by atoms with E-state index in [1.54, 1.807) is 6.07 Å². The lowest BCUT2D eigenvalue weighted by molar-refractivity contribution is 0.919. The van der Waals surface area contributed by atoms with Gasteiger partial charge in [-0.15, -0.1) is 0 Å². The van der Waals surface area contributed by atoms with Crippen molar-refractivity contribution in [3.8, 4) is 0 Å². The molecule has 0 atom stereocenters. The molecule has 1 saturated carbocycles. The van der Waals surface area contributed by atoms with Crippen LogP contribution in [0.15, 0.2) is 30.3 Å². The molecule has 0 bridgehead atoms. The van der Waals surface area contributed by atoms with Gasteiger partial charge in [0.15, 0.2) is 0 Å². The van der Waals surface area contributed by atoms with Gasteiger partial charge in [0.25, 0.3) is 0 Å². The van der Waals surface area contributed by atoms with Crippen molar-refractivity contribution in [3.05, 3.63) is 41.7 Å². The van der Waals surface area contributed by atoms with E-state index in [0.717, 1.165) is 30.2 Å². The molecule has 3 rings (SSSR count). The largest absolute Gasteiger partial charge is 0.384 e. The Morgan fingerprint density at radius 2 is 2.05 bits per heavy atom. The SMILES string of the molecule is CCCc1ccccc1Nc1cc(N)nc(C2CC2)n1. The van der Waals surface area contributed by atoms with Gasteiger partial charge in [-0.1, -0.05) is 31.5 Å². The van der Waals surface area contributed by atoms with Crippen molar-refractivity contribution in [1.82, 2.24) is 9.97 Å². The van der Waals surface area contributed by atoms with Gasteiger partial charge in [-0.3, -0.25) is 0 Å². The Morgan fingerprint density at radius 1 is 1.25 bits per heavy atom. The third kappa shape index (κ3) is 2.90.